The third kappa shape index (κ3) is 3.92. The molecule has 35 heavy (non-hydrogen) atoms. The summed E-state index contributed by atoms with van der Waals surface area (Å²) < 4.78 is 68.2. The van der Waals surface area contributed by atoms with Gasteiger partial charge in [-0.2, -0.15) is 18.3 Å². The molecule has 0 aliphatic heterocycles. The molecule has 0 aliphatic carbocycles. The Bertz CT molecular complexity index is 1730. The van der Waals surface area contributed by atoms with Gasteiger partial charge in [0.15, 0.2) is 21.5 Å². The Morgan fingerprint density at radius 3 is 2.51 bits per heavy atom. The summed E-state index contributed by atoms with van der Waals surface area (Å²) in [6.07, 6.45) is -1.98. The molecule has 8 nitrogen and oxygen atoms in total. The third-order valence-corrected chi connectivity index (χ3v) is 7.57. The minimum atomic E-state index is -4.65. The summed E-state index contributed by atoms with van der Waals surface area (Å²) in [5, 5.41) is 5.61. The molecule has 0 N–H and O–H groups in total. The summed E-state index contributed by atoms with van der Waals surface area (Å²) >= 11 is 6.14. The number of imidazole rings is 1. The number of halogens is 4. The lowest BCUT2D eigenvalue weighted by Crippen LogP contribution is -2.11. The van der Waals surface area contributed by atoms with Crippen LogP contribution < -0.4 is 0 Å². The molecule has 0 aliphatic rings. The fraction of sp³-hybridized carbons (Fsp3) is 0.182. The first-order valence-corrected chi connectivity index (χ1v) is 12.3. The van der Waals surface area contributed by atoms with E-state index in [-0.39, 0.29) is 39.0 Å². The van der Waals surface area contributed by atoms with Gasteiger partial charge >= 0.3 is 6.18 Å². The van der Waals surface area contributed by atoms with Crippen molar-refractivity contribution in [1.29, 1.82) is 0 Å². The predicted molar refractivity (Wildman–Crippen MR) is 124 cm³/mol. The Labute approximate surface area is 201 Å². The van der Waals surface area contributed by atoms with Gasteiger partial charge in [0.1, 0.15) is 11.4 Å². The van der Waals surface area contributed by atoms with Crippen LogP contribution >= 0.6 is 11.6 Å². The molecule has 0 atom stereocenters. The van der Waals surface area contributed by atoms with E-state index in [4.69, 9.17) is 11.6 Å². The van der Waals surface area contributed by atoms with Gasteiger partial charge in [-0.25, -0.2) is 28.1 Å². The van der Waals surface area contributed by atoms with Crippen LogP contribution in [-0.2, 0) is 23.1 Å². The van der Waals surface area contributed by atoms with Gasteiger partial charge in [0.2, 0.25) is 0 Å². The number of sulfone groups is 1. The maximum Gasteiger partial charge on any atom is 0.433 e. The van der Waals surface area contributed by atoms with Crippen molar-refractivity contribution in [2.24, 2.45) is 7.05 Å². The van der Waals surface area contributed by atoms with E-state index in [9.17, 15) is 21.6 Å². The van der Waals surface area contributed by atoms with Crippen molar-refractivity contribution >= 4 is 43.4 Å². The zero-order chi connectivity index (χ0) is 25.1. The SMILES string of the molecule is CCS(=O)(=O)c1ccc(-n2ncc3ccc(Cl)cc32)nc1-c1nc2cc(C(F)(F)F)ncc2n1C. The number of benzene rings is 1. The fourth-order valence-corrected chi connectivity index (χ4v) is 4.93. The molecule has 5 rings (SSSR count). The number of aromatic nitrogens is 6. The van der Waals surface area contributed by atoms with Crippen LogP contribution in [0.1, 0.15) is 12.6 Å². The van der Waals surface area contributed by atoms with Gasteiger partial charge in [0, 0.05) is 17.5 Å². The van der Waals surface area contributed by atoms with Crippen LogP contribution in [0.15, 0.2) is 53.7 Å². The molecule has 0 saturated heterocycles. The van der Waals surface area contributed by atoms with Gasteiger partial charge in [-0.05, 0) is 36.4 Å². The van der Waals surface area contributed by atoms with Crippen LogP contribution in [0.2, 0.25) is 5.02 Å². The lowest BCUT2D eigenvalue weighted by molar-refractivity contribution is -0.141. The Morgan fingerprint density at radius 2 is 1.80 bits per heavy atom. The van der Waals surface area contributed by atoms with Crippen molar-refractivity contribution in [2.45, 2.75) is 18.0 Å². The first-order valence-electron chi connectivity index (χ1n) is 10.3. The van der Waals surface area contributed by atoms with E-state index in [1.54, 1.807) is 31.4 Å². The van der Waals surface area contributed by atoms with E-state index in [1.807, 2.05) is 0 Å². The third-order valence-electron chi connectivity index (χ3n) is 5.58. The van der Waals surface area contributed by atoms with Crippen molar-refractivity contribution < 1.29 is 21.6 Å². The van der Waals surface area contributed by atoms with E-state index in [0.29, 0.717) is 10.5 Å². The Balaban J connectivity index is 1.78. The summed E-state index contributed by atoms with van der Waals surface area (Å²) in [6.45, 7) is 1.49. The number of aryl methyl sites for hydroxylation is 1. The van der Waals surface area contributed by atoms with Gasteiger partial charge in [0.05, 0.1) is 39.6 Å². The molecule has 0 bridgehead atoms. The maximum atomic E-state index is 13.2. The van der Waals surface area contributed by atoms with Crippen LogP contribution in [0.5, 0.6) is 0 Å². The average Bonchev–Trinajstić information content (AvgIpc) is 3.38. The molecule has 0 spiro atoms. The molecule has 13 heteroatoms. The molecule has 0 amide bonds. The van der Waals surface area contributed by atoms with Gasteiger partial charge in [-0.15, -0.1) is 0 Å². The minimum Gasteiger partial charge on any atom is -0.324 e. The Hall–Kier alpha value is -3.51. The first-order chi connectivity index (χ1) is 16.5. The summed E-state index contributed by atoms with van der Waals surface area (Å²) in [7, 11) is -2.20. The largest absolute Gasteiger partial charge is 0.433 e. The molecule has 5 aromatic rings. The molecular weight excluding hydrogens is 505 g/mol. The maximum absolute atomic E-state index is 13.2. The van der Waals surface area contributed by atoms with Crippen molar-refractivity contribution in [3.63, 3.8) is 0 Å². The highest BCUT2D eigenvalue weighted by atomic mass is 35.5. The summed E-state index contributed by atoms with van der Waals surface area (Å²) in [6, 6.07) is 8.92. The van der Waals surface area contributed by atoms with E-state index in [2.05, 4.69) is 20.1 Å². The minimum absolute atomic E-state index is 0.00759. The molecule has 0 radical (unpaired) electrons. The standard InChI is InChI=1S/C22H16ClF3N6O2S/c1-3-35(33,34)17-6-7-19(32-15-8-13(23)5-4-12(15)10-28-32)30-20(17)21-29-14-9-18(22(24,25)26)27-11-16(14)31(21)2/h4-11H,3H2,1-2H3. The van der Waals surface area contributed by atoms with Crippen molar-refractivity contribution in [3.8, 4) is 17.3 Å². The quantitative estimate of drug-likeness (QED) is 0.337. The van der Waals surface area contributed by atoms with E-state index in [1.165, 1.54) is 28.3 Å². The molecule has 4 heterocycles. The number of hydrogen-bond donors (Lipinski definition) is 0. The average molecular weight is 521 g/mol. The van der Waals surface area contributed by atoms with Gasteiger partial charge < -0.3 is 4.57 Å². The summed E-state index contributed by atoms with van der Waals surface area (Å²) in [4.78, 5) is 12.3. The van der Waals surface area contributed by atoms with Crippen LogP contribution in [-0.4, -0.2) is 43.5 Å². The predicted octanol–water partition coefficient (Wildman–Crippen LogP) is 4.84. The molecule has 0 unspecified atom stereocenters. The van der Waals surface area contributed by atoms with Crippen LogP contribution in [0.3, 0.4) is 0 Å². The zero-order valence-corrected chi connectivity index (χ0v) is 19.8. The lowest BCUT2D eigenvalue weighted by Gasteiger charge is -2.11. The number of nitrogens with zero attached hydrogens (tertiary/aromatic N) is 6. The first kappa shape index (κ1) is 23.2. The van der Waals surface area contributed by atoms with E-state index < -0.39 is 21.7 Å². The van der Waals surface area contributed by atoms with Crippen molar-refractivity contribution in [2.75, 3.05) is 5.75 Å². The fourth-order valence-electron chi connectivity index (χ4n) is 3.75. The topological polar surface area (TPSA) is 95.6 Å². The summed E-state index contributed by atoms with van der Waals surface area (Å²) in [5.74, 6) is 0.156. The summed E-state index contributed by atoms with van der Waals surface area (Å²) in [5.41, 5.74) is -0.171. The molecule has 1 aromatic carbocycles. The second-order valence-electron chi connectivity index (χ2n) is 7.73. The zero-order valence-electron chi connectivity index (χ0n) is 18.2. The number of pyridine rings is 2. The number of hydrogen-bond acceptors (Lipinski definition) is 6. The van der Waals surface area contributed by atoms with Crippen LogP contribution in [0.25, 0.3) is 39.3 Å². The molecule has 4 aromatic heterocycles. The van der Waals surface area contributed by atoms with Crippen LogP contribution in [0, 0.1) is 0 Å². The van der Waals surface area contributed by atoms with Crippen molar-refractivity contribution in [1.82, 2.24) is 29.3 Å². The smallest absolute Gasteiger partial charge is 0.324 e. The second-order valence-corrected chi connectivity index (χ2v) is 10.4. The Kier molecular flexibility index (Phi) is 5.33. The number of fused-ring (bicyclic) bond motifs is 2. The van der Waals surface area contributed by atoms with E-state index >= 15 is 0 Å². The van der Waals surface area contributed by atoms with E-state index in [0.717, 1.165) is 17.6 Å². The van der Waals surface area contributed by atoms with Gasteiger partial charge in [-0.1, -0.05) is 18.5 Å². The lowest BCUT2D eigenvalue weighted by atomic mass is 10.2. The monoisotopic (exact) mass is 520 g/mol. The number of alkyl halides is 3. The highest BCUT2D eigenvalue weighted by Crippen LogP contribution is 2.33. The Morgan fingerprint density at radius 1 is 1.03 bits per heavy atom. The molecular formula is C22H16ClF3N6O2S. The van der Waals surface area contributed by atoms with Crippen LogP contribution in [0.4, 0.5) is 13.2 Å². The number of rotatable bonds is 4. The normalized spacial score (nSPS) is 12.6. The highest BCUT2D eigenvalue weighted by molar-refractivity contribution is 7.91. The second kappa shape index (κ2) is 8.02. The highest BCUT2D eigenvalue weighted by Gasteiger charge is 2.33. The van der Waals surface area contributed by atoms with Gasteiger partial charge in [0.25, 0.3) is 0 Å². The molecule has 180 valence electrons. The molecule has 0 saturated carbocycles. The van der Waals surface area contributed by atoms with Crippen molar-refractivity contribution in [3.05, 3.63) is 59.5 Å². The van der Waals surface area contributed by atoms with Gasteiger partial charge in [-0.3, -0.25) is 0 Å². The molecule has 0 fully saturated rings.